The second-order valence-corrected chi connectivity index (χ2v) is 6.80. The van der Waals surface area contributed by atoms with Crippen LogP contribution >= 0.6 is 0 Å². The maximum Gasteiger partial charge on any atom is 0.339 e. The average molecular weight is 353 g/mol. The van der Waals surface area contributed by atoms with Crippen molar-refractivity contribution in [3.05, 3.63) is 70.8 Å². The van der Waals surface area contributed by atoms with E-state index >= 15 is 0 Å². The fourth-order valence-electron chi connectivity index (χ4n) is 2.69. The number of nitrogens with one attached hydrogen (secondary N) is 1. The molecule has 0 unspecified atom stereocenters. The lowest BCUT2D eigenvalue weighted by molar-refractivity contribution is -0.129. The molecule has 2 aromatic carbocycles. The number of amides is 1. The zero-order valence-electron chi connectivity index (χ0n) is 15.9. The summed E-state index contributed by atoms with van der Waals surface area (Å²) in [6, 6.07) is 15.8. The molecule has 2 aromatic rings. The molecule has 0 saturated carbocycles. The molecule has 1 N–H and O–H groups in total. The summed E-state index contributed by atoms with van der Waals surface area (Å²) >= 11 is 0. The molecule has 0 aromatic heterocycles. The first-order chi connectivity index (χ1) is 12.4. The first-order valence-electron chi connectivity index (χ1n) is 8.99. The molecular weight excluding hydrogens is 326 g/mol. The zero-order chi connectivity index (χ0) is 19.1. The summed E-state index contributed by atoms with van der Waals surface area (Å²) in [6.07, 6.45) is 0.883. The van der Waals surface area contributed by atoms with Crippen molar-refractivity contribution in [2.24, 2.45) is 0 Å². The Hall–Kier alpha value is -2.62. The number of ether oxygens (including phenoxy) is 1. The van der Waals surface area contributed by atoms with Gasteiger partial charge in [0, 0.05) is 6.04 Å². The second-order valence-electron chi connectivity index (χ2n) is 6.80. The van der Waals surface area contributed by atoms with E-state index in [4.69, 9.17) is 4.74 Å². The van der Waals surface area contributed by atoms with Gasteiger partial charge in [0.15, 0.2) is 6.10 Å². The van der Waals surface area contributed by atoms with Gasteiger partial charge < -0.3 is 10.1 Å². The predicted molar refractivity (Wildman–Crippen MR) is 103 cm³/mol. The quantitative estimate of drug-likeness (QED) is 0.766. The number of rotatable bonds is 7. The van der Waals surface area contributed by atoms with E-state index in [1.165, 1.54) is 5.56 Å². The number of benzene rings is 2. The highest BCUT2D eigenvalue weighted by atomic mass is 16.5. The molecule has 0 bridgehead atoms. The van der Waals surface area contributed by atoms with Crippen LogP contribution in [0.4, 0.5) is 0 Å². The molecule has 1 amide bonds. The normalized spacial score (nSPS) is 12.9. The van der Waals surface area contributed by atoms with Crippen LogP contribution < -0.4 is 5.32 Å². The van der Waals surface area contributed by atoms with E-state index in [9.17, 15) is 9.59 Å². The van der Waals surface area contributed by atoms with Crippen LogP contribution in [0, 0.1) is 13.8 Å². The van der Waals surface area contributed by atoms with Gasteiger partial charge in [-0.3, -0.25) is 4.79 Å². The van der Waals surface area contributed by atoms with E-state index in [0.29, 0.717) is 5.56 Å². The van der Waals surface area contributed by atoms with Crippen LogP contribution in [0.2, 0.25) is 0 Å². The summed E-state index contributed by atoms with van der Waals surface area (Å²) in [5.74, 6) is -0.741. The number of carbonyl (C=O) groups is 2. The number of aryl methyl sites for hydroxylation is 3. The van der Waals surface area contributed by atoms with Gasteiger partial charge in [-0.25, -0.2) is 4.79 Å². The van der Waals surface area contributed by atoms with E-state index in [1.807, 2.05) is 51.1 Å². The van der Waals surface area contributed by atoms with Crippen molar-refractivity contribution in [3.8, 4) is 0 Å². The Kier molecular flexibility index (Phi) is 6.96. The van der Waals surface area contributed by atoms with E-state index in [-0.39, 0.29) is 11.9 Å². The molecular formula is C22H27NO3. The van der Waals surface area contributed by atoms with Crippen molar-refractivity contribution in [2.45, 2.75) is 52.7 Å². The topological polar surface area (TPSA) is 55.4 Å². The molecule has 2 atom stereocenters. The van der Waals surface area contributed by atoms with Crippen LogP contribution in [-0.2, 0) is 16.0 Å². The monoisotopic (exact) mass is 353 g/mol. The summed E-state index contributed by atoms with van der Waals surface area (Å²) < 4.78 is 5.35. The molecule has 138 valence electrons. The van der Waals surface area contributed by atoms with Crippen molar-refractivity contribution < 1.29 is 14.3 Å². The van der Waals surface area contributed by atoms with Crippen LogP contribution in [0.1, 0.15) is 47.3 Å². The minimum atomic E-state index is -0.832. The Bertz CT molecular complexity index is 755. The molecule has 0 radical (unpaired) electrons. The fourth-order valence-corrected chi connectivity index (χ4v) is 2.69. The second kappa shape index (κ2) is 9.18. The minimum absolute atomic E-state index is 0.00423. The molecule has 0 fully saturated rings. The van der Waals surface area contributed by atoms with E-state index in [2.05, 4.69) is 17.4 Å². The highest BCUT2D eigenvalue weighted by Crippen LogP contribution is 2.13. The fraction of sp³-hybridized carbons (Fsp3) is 0.364. The Balaban J connectivity index is 1.84. The van der Waals surface area contributed by atoms with Crippen molar-refractivity contribution >= 4 is 11.9 Å². The lowest BCUT2D eigenvalue weighted by Crippen LogP contribution is -2.41. The summed E-state index contributed by atoms with van der Waals surface area (Å²) in [7, 11) is 0. The Labute approximate surface area is 155 Å². The Morgan fingerprint density at radius 2 is 1.73 bits per heavy atom. The molecule has 2 rings (SSSR count). The number of hydrogen-bond acceptors (Lipinski definition) is 3. The van der Waals surface area contributed by atoms with E-state index in [0.717, 1.165) is 24.0 Å². The number of esters is 1. The number of carbonyl (C=O) groups excluding carboxylic acids is 2. The van der Waals surface area contributed by atoms with Gasteiger partial charge in [0.2, 0.25) is 0 Å². The third kappa shape index (κ3) is 5.73. The molecule has 0 heterocycles. The van der Waals surface area contributed by atoms with Crippen molar-refractivity contribution in [1.82, 2.24) is 5.32 Å². The van der Waals surface area contributed by atoms with Crippen LogP contribution in [0.3, 0.4) is 0 Å². The largest absolute Gasteiger partial charge is 0.449 e. The van der Waals surface area contributed by atoms with Crippen LogP contribution in [0.15, 0.2) is 48.5 Å². The standard InChI is InChI=1S/C22H27NO3/c1-15-10-11-16(2)20(14-15)22(25)26-18(4)21(24)23-17(3)12-13-19-8-6-5-7-9-19/h5-11,14,17-18H,12-13H2,1-4H3,(H,23,24)/t17-,18-/m1/s1. The van der Waals surface area contributed by atoms with Gasteiger partial charge >= 0.3 is 5.97 Å². The summed E-state index contributed by atoms with van der Waals surface area (Å²) in [4.78, 5) is 24.6. The van der Waals surface area contributed by atoms with Crippen LogP contribution in [0.25, 0.3) is 0 Å². The number of hydrogen-bond donors (Lipinski definition) is 1. The summed E-state index contributed by atoms with van der Waals surface area (Å²) in [5.41, 5.74) is 3.56. The third-order valence-corrected chi connectivity index (χ3v) is 4.36. The van der Waals surface area contributed by atoms with Crippen molar-refractivity contribution in [2.75, 3.05) is 0 Å². The lowest BCUT2D eigenvalue weighted by Gasteiger charge is -2.18. The highest BCUT2D eigenvalue weighted by Gasteiger charge is 2.21. The maximum absolute atomic E-state index is 12.3. The van der Waals surface area contributed by atoms with Crippen molar-refractivity contribution in [3.63, 3.8) is 0 Å². The SMILES string of the molecule is Cc1ccc(C)c(C(=O)O[C@H](C)C(=O)N[C@H](C)CCc2ccccc2)c1. The molecule has 26 heavy (non-hydrogen) atoms. The molecule has 0 spiro atoms. The van der Waals surface area contributed by atoms with Gasteiger partial charge in [-0.1, -0.05) is 48.0 Å². The predicted octanol–water partition coefficient (Wildman–Crippen LogP) is 3.99. The lowest BCUT2D eigenvalue weighted by atomic mass is 10.1. The molecule has 0 saturated heterocycles. The summed E-state index contributed by atoms with van der Waals surface area (Å²) in [5, 5.41) is 2.92. The Morgan fingerprint density at radius 3 is 2.42 bits per heavy atom. The molecule has 4 nitrogen and oxygen atoms in total. The molecule has 0 aliphatic rings. The van der Waals surface area contributed by atoms with Gasteiger partial charge in [0.25, 0.3) is 5.91 Å². The maximum atomic E-state index is 12.3. The van der Waals surface area contributed by atoms with Gasteiger partial charge in [-0.15, -0.1) is 0 Å². The van der Waals surface area contributed by atoms with Crippen LogP contribution in [-0.4, -0.2) is 24.0 Å². The first-order valence-corrected chi connectivity index (χ1v) is 8.99. The van der Waals surface area contributed by atoms with Crippen LogP contribution in [0.5, 0.6) is 0 Å². The highest BCUT2D eigenvalue weighted by molar-refractivity contribution is 5.93. The van der Waals surface area contributed by atoms with Gasteiger partial charge in [0.1, 0.15) is 0 Å². The average Bonchev–Trinajstić information content (AvgIpc) is 2.62. The smallest absolute Gasteiger partial charge is 0.339 e. The van der Waals surface area contributed by atoms with E-state index in [1.54, 1.807) is 13.0 Å². The van der Waals surface area contributed by atoms with Gasteiger partial charge in [-0.2, -0.15) is 0 Å². The molecule has 0 aliphatic heterocycles. The Morgan fingerprint density at radius 1 is 1.04 bits per heavy atom. The third-order valence-electron chi connectivity index (χ3n) is 4.36. The van der Waals surface area contributed by atoms with E-state index < -0.39 is 12.1 Å². The summed E-state index contributed by atoms with van der Waals surface area (Å²) in [6.45, 7) is 7.33. The van der Waals surface area contributed by atoms with Gasteiger partial charge in [0.05, 0.1) is 5.56 Å². The first kappa shape index (κ1) is 19.7. The molecule has 0 aliphatic carbocycles. The molecule has 4 heteroatoms. The van der Waals surface area contributed by atoms with Gasteiger partial charge in [-0.05, 0) is 57.7 Å². The zero-order valence-corrected chi connectivity index (χ0v) is 15.9. The van der Waals surface area contributed by atoms with Crippen molar-refractivity contribution in [1.29, 1.82) is 0 Å². The minimum Gasteiger partial charge on any atom is -0.449 e.